The summed E-state index contributed by atoms with van der Waals surface area (Å²) in [4.78, 5) is 16.7. The van der Waals surface area contributed by atoms with Gasteiger partial charge in [-0.25, -0.2) is 13.8 Å². The Morgan fingerprint density at radius 2 is 1.93 bits per heavy atom. The van der Waals surface area contributed by atoms with Gasteiger partial charge in [0.2, 0.25) is 5.91 Å². The highest BCUT2D eigenvalue weighted by Crippen LogP contribution is 2.35. The summed E-state index contributed by atoms with van der Waals surface area (Å²) in [5, 5.41) is 4.44. The second kappa shape index (κ2) is 9.90. The van der Waals surface area contributed by atoms with E-state index in [1.165, 1.54) is 29.5 Å². The molecule has 3 rings (SSSR count). The molecule has 158 valence electrons. The molecule has 0 aliphatic rings. The number of anilines is 1. The summed E-state index contributed by atoms with van der Waals surface area (Å²) in [6.07, 6.45) is 0. The topological polar surface area (TPSA) is 60.5 Å². The summed E-state index contributed by atoms with van der Waals surface area (Å²) in [5.74, 6) is -0.210. The number of carbonyl (C=O) groups is 1. The third-order valence-corrected chi connectivity index (χ3v) is 6.23. The maximum Gasteiger partial charge on any atom is 0.236 e. The number of amides is 1. The number of thioether (sulfide) groups is 1. The van der Waals surface area contributed by atoms with Crippen LogP contribution in [0, 0.1) is 11.6 Å². The number of ether oxygens (including phenoxy) is 2. The molecule has 1 aromatic heterocycles. The van der Waals surface area contributed by atoms with Crippen LogP contribution in [0.25, 0.3) is 11.3 Å². The summed E-state index contributed by atoms with van der Waals surface area (Å²) in [7, 11) is 3.14. The van der Waals surface area contributed by atoms with E-state index in [2.05, 4.69) is 10.3 Å². The van der Waals surface area contributed by atoms with Gasteiger partial charge in [0.05, 0.1) is 25.7 Å². The largest absolute Gasteiger partial charge is 0.497 e. The Kier molecular flexibility index (Phi) is 7.28. The van der Waals surface area contributed by atoms with Gasteiger partial charge in [0.15, 0.2) is 5.13 Å². The minimum atomic E-state index is -0.618. The summed E-state index contributed by atoms with van der Waals surface area (Å²) in [6, 6.07) is 9.11. The molecule has 0 radical (unpaired) electrons. The van der Waals surface area contributed by atoms with Crippen molar-refractivity contribution < 1.29 is 23.0 Å². The number of methoxy groups -OCH3 is 2. The molecule has 9 heteroatoms. The Hall–Kier alpha value is -2.65. The summed E-state index contributed by atoms with van der Waals surface area (Å²) in [5.41, 5.74) is 1.35. The van der Waals surface area contributed by atoms with Gasteiger partial charge in [-0.3, -0.25) is 4.79 Å². The van der Waals surface area contributed by atoms with Crippen LogP contribution in [0.1, 0.15) is 17.7 Å². The van der Waals surface area contributed by atoms with Crippen LogP contribution in [0.3, 0.4) is 0 Å². The van der Waals surface area contributed by atoms with E-state index in [1.807, 2.05) is 0 Å². The highest BCUT2D eigenvalue weighted by molar-refractivity contribution is 8.00. The predicted octanol–water partition coefficient (Wildman–Crippen LogP) is 5.54. The Balaban J connectivity index is 1.64. The lowest BCUT2D eigenvalue weighted by Crippen LogP contribution is -2.15. The highest BCUT2D eigenvalue weighted by atomic mass is 32.2. The third-order valence-electron chi connectivity index (χ3n) is 4.30. The summed E-state index contributed by atoms with van der Waals surface area (Å²) >= 11 is 2.42. The lowest BCUT2D eigenvalue weighted by molar-refractivity contribution is -0.113. The van der Waals surface area contributed by atoms with Crippen LogP contribution >= 0.6 is 23.1 Å². The Labute approximate surface area is 181 Å². The molecule has 3 aromatic rings. The fourth-order valence-corrected chi connectivity index (χ4v) is 4.40. The minimum Gasteiger partial charge on any atom is -0.497 e. The van der Waals surface area contributed by atoms with Gasteiger partial charge in [0, 0.05) is 21.8 Å². The molecule has 0 saturated carbocycles. The zero-order valence-electron chi connectivity index (χ0n) is 16.6. The first-order valence-corrected chi connectivity index (χ1v) is 10.9. The number of hydrogen-bond donors (Lipinski definition) is 1. The van der Waals surface area contributed by atoms with Crippen LogP contribution in [0.15, 0.2) is 41.8 Å². The Morgan fingerprint density at radius 1 is 1.20 bits per heavy atom. The Bertz CT molecular complexity index is 1020. The van der Waals surface area contributed by atoms with Gasteiger partial charge >= 0.3 is 0 Å². The zero-order chi connectivity index (χ0) is 21.7. The lowest BCUT2D eigenvalue weighted by atomic mass is 10.1. The molecule has 0 aliphatic heterocycles. The van der Waals surface area contributed by atoms with E-state index >= 15 is 0 Å². The van der Waals surface area contributed by atoms with Crippen LogP contribution in [0.2, 0.25) is 0 Å². The van der Waals surface area contributed by atoms with E-state index in [0.29, 0.717) is 22.3 Å². The first kappa shape index (κ1) is 22.0. The van der Waals surface area contributed by atoms with Gasteiger partial charge in [0.1, 0.15) is 23.1 Å². The van der Waals surface area contributed by atoms with Crippen molar-refractivity contribution in [1.29, 1.82) is 0 Å². The normalized spacial score (nSPS) is 11.8. The molecule has 1 amide bonds. The SMILES string of the molecule is COc1ccc(OC)c(-c2csc(NC(=O)CSC(C)c3c(F)cccc3F)n2)c1. The maximum atomic E-state index is 13.9. The molecule has 1 atom stereocenters. The van der Waals surface area contributed by atoms with E-state index in [1.54, 1.807) is 44.7 Å². The number of nitrogens with zero attached hydrogens (tertiary/aromatic N) is 1. The number of halogens is 2. The van der Waals surface area contributed by atoms with E-state index < -0.39 is 16.9 Å². The fraction of sp³-hybridized carbons (Fsp3) is 0.238. The van der Waals surface area contributed by atoms with Crippen LogP contribution in [0.5, 0.6) is 11.5 Å². The van der Waals surface area contributed by atoms with E-state index in [4.69, 9.17) is 9.47 Å². The van der Waals surface area contributed by atoms with Crippen molar-refractivity contribution in [3.8, 4) is 22.8 Å². The molecule has 5 nitrogen and oxygen atoms in total. The van der Waals surface area contributed by atoms with Crippen molar-refractivity contribution in [3.63, 3.8) is 0 Å². The maximum absolute atomic E-state index is 13.9. The summed E-state index contributed by atoms with van der Waals surface area (Å²) in [6.45, 7) is 1.66. The monoisotopic (exact) mass is 450 g/mol. The molecule has 0 aliphatic carbocycles. The molecule has 0 saturated heterocycles. The van der Waals surface area contributed by atoms with Crippen LogP contribution in [-0.4, -0.2) is 30.9 Å². The Morgan fingerprint density at radius 3 is 2.60 bits per heavy atom. The first-order valence-electron chi connectivity index (χ1n) is 8.96. The average Bonchev–Trinajstić information content (AvgIpc) is 3.19. The van der Waals surface area contributed by atoms with Crippen molar-refractivity contribution in [3.05, 3.63) is 59.0 Å². The van der Waals surface area contributed by atoms with Crippen molar-refractivity contribution in [2.45, 2.75) is 12.2 Å². The molecule has 0 bridgehead atoms. The number of benzene rings is 2. The molecular weight excluding hydrogens is 430 g/mol. The van der Waals surface area contributed by atoms with Crippen LogP contribution in [0.4, 0.5) is 13.9 Å². The molecule has 1 unspecified atom stereocenters. The fourth-order valence-electron chi connectivity index (χ4n) is 2.81. The molecular formula is C21H20F2N2O3S2. The highest BCUT2D eigenvalue weighted by Gasteiger charge is 2.18. The first-order chi connectivity index (χ1) is 14.4. The van der Waals surface area contributed by atoms with E-state index in [-0.39, 0.29) is 17.2 Å². The van der Waals surface area contributed by atoms with Crippen LogP contribution in [-0.2, 0) is 4.79 Å². The quantitative estimate of drug-likeness (QED) is 0.488. The van der Waals surface area contributed by atoms with Crippen molar-refractivity contribution >= 4 is 34.1 Å². The van der Waals surface area contributed by atoms with Crippen molar-refractivity contribution in [2.75, 3.05) is 25.3 Å². The van der Waals surface area contributed by atoms with E-state index in [0.717, 1.165) is 17.3 Å². The van der Waals surface area contributed by atoms with Gasteiger partial charge < -0.3 is 14.8 Å². The standard InChI is InChI=1S/C21H20F2N2O3S2/c1-12(20-15(22)5-4-6-16(20)23)29-11-19(26)25-21-24-17(10-30-21)14-9-13(27-2)7-8-18(14)28-3/h4-10,12H,11H2,1-3H3,(H,24,25,26). The van der Waals surface area contributed by atoms with Gasteiger partial charge in [-0.1, -0.05) is 6.07 Å². The number of thiazole rings is 1. The lowest BCUT2D eigenvalue weighted by Gasteiger charge is -2.13. The van der Waals surface area contributed by atoms with Gasteiger partial charge in [0.25, 0.3) is 0 Å². The predicted molar refractivity (Wildman–Crippen MR) is 117 cm³/mol. The molecule has 30 heavy (non-hydrogen) atoms. The number of aromatic nitrogens is 1. The molecule has 1 N–H and O–H groups in total. The smallest absolute Gasteiger partial charge is 0.236 e. The van der Waals surface area contributed by atoms with Gasteiger partial charge in [-0.15, -0.1) is 23.1 Å². The van der Waals surface area contributed by atoms with Gasteiger partial charge in [-0.05, 0) is 37.3 Å². The van der Waals surface area contributed by atoms with Gasteiger partial charge in [-0.2, -0.15) is 0 Å². The number of rotatable bonds is 8. The number of hydrogen-bond acceptors (Lipinski definition) is 6. The average molecular weight is 451 g/mol. The van der Waals surface area contributed by atoms with Crippen molar-refractivity contribution in [2.24, 2.45) is 0 Å². The minimum absolute atomic E-state index is 0.0306. The summed E-state index contributed by atoms with van der Waals surface area (Å²) < 4.78 is 38.4. The molecule has 0 fully saturated rings. The zero-order valence-corrected chi connectivity index (χ0v) is 18.2. The third kappa shape index (κ3) is 5.09. The van der Waals surface area contributed by atoms with E-state index in [9.17, 15) is 13.6 Å². The number of carbonyl (C=O) groups excluding carboxylic acids is 1. The number of nitrogens with one attached hydrogen (secondary N) is 1. The second-order valence-corrected chi connectivity index (χ2v) is 8.43. The molecule has 1 heterocycles. The van der Waals surface area contributed by atoms with Crippen LogP contribution < -0.4 is 14.8 Å². The van der Waals surface area contributed by atoms with Crippen molar-refractivity contribution in [1.82, 2.24) is 4.98 Å². The molecule has 2 aromatic carbocycles. The second-order valence-electron chi connectivity index (χ2n) is 6.24. The molecule has 0 spiro atoms.